The van der Waals surface area contributed by atoms with Crippen molar-refractivity contribution >= 4 is 26.6 Å². The van der Waals surface area contributed by atoms with Crippen molar-refractivity contribution in [2.75, 3.05) is 11.5 Å². The molecule has 0 saturated carbocycles. The number of aromatic nitrogens is 3. The molecule has 4 aromatic rings. The van der Waals surface area contributed by atoms with E-state index in [0.717, 1.165) is 10.9 Å². The molecule has 7 nitrogen and oxygen atoms in total. The molecule has 1 N–H and O–H groups in total. The Morgan fingerprint density at radius 3 is 2.62 bits per heavy atom. The summed E-state index contributed by atoms with van der Waals surface area (Å²) in [7, 11) is -3.10. The van der Waals surface area contributed by atoms with Gasteiger partial charge in [-0.1, -0.05) is 0 Å². The van der Waals surface area contributed by atoms with Crippen LogP contribution in [0, 0.1) is 5.82 Å². The van der Waals surface area contributed by atoms with E-state index in [4.69, 9.17) is 5.10 Å². The van der Waals surface area contributed by atoms with E-state index in [-0.39, 0.29) is 23.2 Å². The van der Waals surface area contributed by atoms with E-state index >= 15 is 0 Å². The highest BCUT2D eigenvalue weighted by atomic mass is 32.2. The minimum Gasteiger partial charge on any atom is -0.348 e. The first-order valence-electron chi connectivity index (χ1n) is 10.1. The fraction of sp³-hybridized carbons (Fsp3) is 0.174. The molecule has 1 fully saturated rings. The molecule has 3 heterocycles. The lowest BCUT2D eigenvalue weighted by atomic mass is 10.1. The Morgan fingerprint density at radius 2 is 1.94 bits per heavy atom. The Hall–Kier alpha value is -3.59. The summed E-state index contributed by atoms with van der Waals surface area (Å²) in [6.07, 6.45) is 3.79. The fourth-order valence-corrected chi connectivity index (χ4v) is 5.60. The number of pyridine rings is 1. The summed E-state index contributed by atoms with van der Waals surface area (Å²) < 4.78 is 38.5. The number of amides is 1. The molecule has 0 spiro atoms. The van der Waals surface area contributed by atoms with Crippen LogP contribution < -0.4 is 5.32 Å². The fourth-order valence-electron chi connectivity index (χ4n) is 3.93. The highest BCUT2D eigenvalue weighted by Crippen LogP contribution is 2.30. The average Bonchev–Trinajstić information content (AvgIpc) is 3.34. The molecule has 32 heavy (non-hydrogen) atoms. The van der Waals surface area contributed by atoms with Crippen LogP contribution in [-0.2, 0) is 9.84 Å². The molecular weight excluding hydrogens is 431 g/mol. The molecule has 1 atom stereocenters. The van der Waals surface area contributed by atoms with E-state index < -0.39 is 15.9 Å². The molecule has 162 valence electrons. The third kappa shape index (κ3) is 3.87. The van der Waals surface area contributed by atoms with Gasteiger partial charge in [0, 0.05) is 34.9 Å². The minimum absolute atomic E-state index is 0.0420. The van der Waals surface area contributed by atoms with E-state index in [1.165, 1.54) is 12.1 Å². The largest absolute Gasteiger partial charge is 0.348 e. The number of benzene rings is 2. The van der Waals surface area contributed by atoms with Gasteiger partial charge in [0.05, 0.1) is 22.7 Å². The molecule has 5 rings (SSSR count). The van der Waals surface area contributed by atoms with Crippen LogP contribution in [0.15, 0.2) is 67.0 Å². The summed E-state index contributed by atoms with van der Waals surface area (Å²) in [6.45, 7) is 0. The van der Waals surface area contributed by atoms with Crippen LogP contribution in [0.2, 0.25) is 0 Å². The van der Waals surface area contributed by atoms with E-state index in [1.54, 1.807) is 41.3 Å². The molecule has 1 saturated heterocycles. The molecular formula is C23H19FN4O3S. The van der Waals surface area contributed by atoms with Crippen LogP contribution in [0.4, 0.5) is 4.39 Å². The second-order valence-electron chi connectivity index (χ2n) is 7.78. The van der Waals surface area contributed by atoms with Gasteiger partial charge in [0.15, 0.2) is 9.84 Å². The second kappa shape index (κ2) is 7.83. The van der Waals surface area contributed by atoms with Crippen LogP contribution in [0.5, 0.6) is 0 Å². The SMILES string of the molecule is O=C(NC1CCS(=O)(=O)C1)c1ccc2c(-c3cccnc3)nn(-c3ccc(F)cc3)c2c1. The molecule has 2 aromatic carbocycles. The molecule has 9 heteroatoms. The minimum atomic E-state index is -3.10. The van der Waals surface area contributed by atoms with Crippen LogP contribution in [-0.4, -0.2) is 46.6 Å². The van der Waals surface area contributed by atoms with Gasteiger partial charge in [0.2, 0.25) is 0 Å². The number of carbonyl (C=O) groups is 1. The third-order valence-electron chi connectivity index (χ3n) is 5.52. The van der Waals surface area contributed by atoms with Gasteiger partial charge in [0.25, 0.3) is 5.91 Å². The van der Waals surface area contributed by atoms with Crippen molar-refractivity contribution < 1.29 is 17.6 Å². The first-order chi connectivity index (χ1) is 15.4. The molecule has 0 radical (unpaired) electrons. The quantitative estimate of drug-likeness (QED) is 0.516. The lowest BCUT2D eigenvalue weighted by Crippen LogP contribution is -2.35. The summed E-state index contributed by atoms with van der Waals surface area (Å²) in [5.41, 5.74) is 3.20. The lowest BCUT2D eigenvalue weighted by Gasteiger charge is -2.11. The van der Waals surface area contributed by atoms with Crippen molar-refractivity contribution in [1.29, 1.82) is 0 Å². The number of rotatable bonds is 4. The van der Waals surface area contributed by atoms with E-state index in [2.05, 4.69) is 10.3 Å². The average molecular weight is 450 g/mol. The predicted molar refractivity (Wildman–Crippen MR) is 119 cm³/mol. The molecule has 0 bridgehead atoms. The maximum absolute atomic E-state index is 13.5. The molecule has 0 aliphatic carbocycles. The van der Waals surface area contributed by atoms with Crippen molar-refractivity contribution in [3.8, 4) is 16.9 Å². The van der Waals surface area contributed by atoms with E-state index in [0.29, 0.717) is 28.9 Å². The van der Waals surface area contributed by atoms with Crippen LogP contribution >= 0.6 is 0 Å². The summed E-state index contributed by atoms with van der Waals surface area (Å²) in [5, 5.41) is 8.35. The van der Waals surface area contributed by atoms with Crippen LogP contribution in [0.25, 0.3) is 27.8 Å². The molecule has 1 aliphatic heterocycles. The Bertz CT molecular complexity index is 1420. The second-order valence-corrected chi connectivity index (χ2v) is 10.0. The molecule has 2 aromatic heterocycles. The third-order valence-corrected chi connectivity index (χ3v) is 7.28. The molecule has 1 amide bonds. The molecule has 1 aliphatic rings. The summed E-state index contributed by atoms with van der Waals surface area (Å²) in [5.74, 6) is -0.657. The lowest BCUT2D eigenvalue weighted by molar-refractivity contribution is 0.0941. The standard InChI is InChI=1S/C23H19FN4O3S/c24-17-4-6-19(7-5-17)28-21-12-15(23(29)26-18-9-11-32(30,31)14-18)3-8-20(21)22(27-28)16-2-1-10-25-13-16/h1-8,10,12-13,18H,9,11,14H2,(H,26,29). The Morgan fingerprint density at radius 1 is 1.12 bits per heavy atom. The zero-order valence-electron chi connectivity index (χ0n) is 16.9. The van der Waals surface area contributed by atoms with Crippen molar-refractivity contribution in [2.45, 2.75) is 12.5 Å². The Balaban J connectivity index is 1.58. The maximum atomic E-state index is 13.5. The number of hydrogen-bond donors (Lipinski definition) is 1. The van der Waals surface area contributed by atoms with Crippen molar-refractivity contribution in [3.05, 3.63) is 78.4 Å². The number of fused-ring (bicyclic) bond motifs is 1. The Labute approximate surface area is 183 Å². The zero-order valence-corrected chi connectivity index (χ0v) is 17.7. The van der Waals surface area contributed by atoms with Crippen LogP contribution in [0.3, 0.4) is 0 Å². The smallest absolute Gasteiger partial charge is 0.251 e. The Kier molecular flexibility index (Phi) is 4.97. The van der Waals surface area contributed by atoms with Gasteiger partial charge in [0.1, 0.15) is 11.5 Å². The van der Waals surface area contributed by atoms with Gasteiger partial charge in [-0.3, -0.25) is 9.78 Å². The number of sulfone groups is 1. The van der Waals surface area contributed by atoms with Crippen molar-refractivity contribution in [3.63, 3.8) is 0 Å². The highest BCUT2D eigenvalue weighted by Gasteiger charge is 2.29. The first kappa shape index (κ1) is 20.3. The van der Waals surface area contributed by atoms with Gasteiger partial charge < -0.3 is 5.32 Å². The summed E-state index contributed by atoms with van der Waals surface area (Å²) >= 11 is 0. The van der Waals surface area contributed by atoms with Gasteiger partial charge >= 0.3 is 0 Å². The van der Waals surface area contributed by atoms with Crippen molar-refractivity contribution in [1.82, 2.24) is 20.1 Å². The van der Waals surface area contributed by atoms with Crippen LogP contribution in [0.1, 0.15) is 16.8 Å². The van der Waals surface area contributed by atoms with Gasteiger partial charge in [-0.15, -0.1) is 0 Å². The first-order valence-corrected chi connectivity index (χ1v) is 11.9. The van der Waals surface area contributed by atoms with Crippen molar-refractivity contribution in [2.24, 2.45) is 0 Å². The van der Waals surface area contributed by atoms with Gasteiger partial charge in [-0.25, -0.2) is 17.5 Å². The number of carbonyl (C=O) groups excluding carboxylic acids is 1. The normalized spacial score (nSPS) is 17.5. The highest BCUT2D eigenvalue weighted by molar-refractivity contribution is 7.91. The predicted octanol–water partition coefficient (Wildman–Crippen LogP) is 3.14. The molecule has 1 unspecified atom stereocenters. The summed E-state index contributed by atoms with van der Waals surface area (Å²) in [6, 6.07) is 14.5. The monoisotopic (exact) mass is 450 g/mol. The number of nitrogens with zero attached hydrogens (tertiary/aromatic N) is 3. The topological polar surface area (TPSA) is 93.9 Å². The van der Waals surface area contributed by atoms with E-state index in [9.17, 15) is 17.6 Å². The summed E-state index contributed by atoms with van der Waals surface area (Å²) in [4.78, 5) is 17.0. The number of nitrogens with one attached hydrogen (secondary N) is 1. The number of halogens is 1. The van der Waals surface area contributed by atoms with Gasteiger partial charge in [-0.05, 0) is 61.0 Å². The van der Waals surface area contributed by atoms with E-state index in [1.807, 2.05) is 18.2 Å². The zero-order chi connectivity index (χ0) is 22.3. The number of hydrogen-bond acceptors (Lipinski definition) is 5. The van der Waals surface area contributed by atoms with Gasteiger partial charge in [-0.2, -0.15) is 5.10 Å². The maximum Gasteiger partial charge on any atom is 0.251 e.